The number of amides is 1. The third kappa shape index (κ3) is 4.03. The van der Waals surface area contributed by atoms with E-state index in [1.807, 2.05) is 41.3 Å². The van der Waals surface area contributed by atoms with Gasteiger partial charge in [-0.05, 0) is 47.6 Å². The first-order valence-electron chi connectivity index (χ1n) is 9.26. The Bertz CT molecular complexity index is 830. The first-order valence-corrected chi connectivity index (χ1v) is 10.8. The van der Waals surface area contributed by atoms with Crippen molar-refractivity contribution in [1.29, 1.82) is 0 Å². The van der Waals surface area contributed by atoms with Gasteiger partial charge in [-0.2, -0.15) is 0 Å². The molecule has 2 aromatic carbocycles. The summed E-state index contributed by atoms with van der Waals surface area (Å²) in [6.45, 7) is 1.28. The smallest absolute Gasteiger partial charge is 0.226 e. The SMILES string of the molecule is C[S+]([O-])NC1CCN(C(=O)C2CC2c2cc(F)ccc2-c2ccccc2)C1. The van der Waals surface area contributed by atoms with Crippen LogP contribution in [0.25, 0.3) is 11.1 Å². The van der Waals surface area contributed by atoms with Crippen molar-refractivity contribution in [2.45, 2.75) is 24.8 Å². The molecule has 142 valence electrons. The predicted molar refractivity (Wildman–Crippen MR) is 105 cm³/mol. The Morgan fingerprint density at radius 1 is 1.26 bits per heavy atom. The zero-order valence-corrected chi connectivity index (χ0v) is 16.0. The van der Waals surface area contributed by atoms with Gasteiger partial charge in [-0.3, -0.25) is 4.79 Å². The van der Waals surface area contributed by atoms with E-state index in [-0.39, 0.29) is 29.6 Å². The summed E-state index contributed by atoms with van der Waals surface area (Å²) in [5, 5.41) is 0. The van der Waals surface area contributed by atoms with Crippen LogP contribution in [0.2, 0.25) is 0 Å². The molecule has 1 N–H and O–H groups in total. The highest BCUT2D eigenvalue weighted by Crippen LogP contribution is 2.51. The van der Waals surface area contributed by atoms with Gasteiger partial charge in [-0.1, -0.05) is 36.4 Å². The Labute approximate surface area is 162 Å². The maximum Gasteiger partial charge on any atom is 0.226 e. The molecule has 2 fully saturated rings. The lowest BCUT2D eigenvalue weighted by atomic mass is 9.95. The number of hydrogen-bond acceptors (Lipinski definition) is 3. The van der Waals surface area contributed by atoms with Crippen LogP contribution in [0, 0.1) is 11.7 Å². The van der Waals surface area contributed by atoms with Gasteiger partial charge in [0.25, 0.3) is 0 Å². The number of benzene rings is 2. The summed E-state index contributed by atoms with van der Waals surface area (Å²) in [7, 11) is 0. The van der Waals surface area contributed by atoms with E-state index in [1.165, 1.54) is 6.07 Å². The van der Waals surface area contributed by atoms with Crippen molar-refractivity contribution >= 4 is 17.3 Å². The van der Waals surface area contributed by atoms with E-state index in [9.17, 15) is 13.7 Å². The number of hydrogen-bond donors (Lipinski definition) is 1. The molecule has 1 saturated heterocycles. The van der Waals surface area contributed by atoms with Crippen LogP contribution in [0.1, 0.15) is 24.3 Å². The minimum absolute atomic E-state index is 0.0655. The fourth-order valence-corrected chi connectivity index (χ4v) is 4.72. The van der Waals surface area contributed by atoms with E-state index >= 15 is 0 Å². The molecular weight excluding hydrogens is 363 g/mol. The Morgan fingerprint density at radius 2 is 2.04 bits per heavy atom. The van der Waals surface area contributed by atoms with E-state index < -0.39 is 11.4 Å². The van der Waals surface area contributed by atoms with Gasteiger partial charge >= 0.3 is 0 Å². The molecule has 0 bridgehead atoms. The molecular formula is C21H23FN2O2S. The van der Waals surface area contributed by atoms with Crippen molar-refractivity contribution < 1.29 is 13.7 Å². The highest BCUT2D eigenvalue weighted by molar-refractivity contribution is 7.88. The van der Waals surface area contributed by atoms with Crippen molar-refractivity contribution in [3.63, 3.8) is 0 Å². The van der Waals surface area contributed by atoms with Crippen LogP contribution in [0.4, 0.5) is 4.39 Å². The van der Waals surface area contributed by atoms with Gasteiger partial charge < -0.3 is 9.45 Å². The van der Waals surface area contributed by atoms with Crippen molar-refractivity contribution in [3.05, 3.63) is 59.9 Å². The van der Waals surface area contributed by atoms with Crippen molar-refractivity contribution in [1.82, 2.24) is 9.62 Å². The fourth-order valence-electron chi connectivity index (χ4n) is 4.06. The lowest BCUT2D eigenvalue weighted by Gasteiger charge is -2.17. The summed E-state index contributed by atoms with van der Waals surface area (Å²) in [6.07, 6.45) is 3.19. The quantitative estimate of drug-likeness (QED) is 0.804. The molecule has 4 unspecified atom stereocenters. The molecule has 0 radical (unpaired) electrons. The van der Waals surface area contributed by atoms with Gasteiger partial charge in [0, 0.05) is 30.4 Å². The molecule has 4 rings (SSSR count). The van der Waals surface area contributed by atoms with Crippen LogP contribution in [0.5, 0.6) is 0 Å². The monoisotopic (exact) mass is 386 g/mol. The molecule has 27 heavy (non-hydrogen) atoms. The Hall–Kier alpha value is -1.89. The Morgan fingerprint density at radius 3 is 2.78 bits per heavy atom. The zero-order chi connectivity index (χ0) is 19.0. The summed E-state index contributed by atoms with van der Waals surface area (Å²) in [5.41, 5.74) is 2.96. The number of carbonyl (C=O) groups is 1. The van der Waals surface area contributed by atoms with Crippen LogP contribution in [0.15, 0.2) is 48.5 Å². The van der Waals surface area contributed by atoms with Gasteiger partial charge in [0.1, 0.15) is 12.1 Å². The van der Waals surface area contributed by atoms with Crippen LogP contribution < -0.4 is 4.72 Å². The fraction of sp³-hybridized carbons (Fsp3) is 0.381. The van der Waals surface area contributed by atoms with Crippen molar-refractivity contribution in [2.75, 3.05) is 19.3 Å². The molecule has 1 aliphatic heterocycles. The van der Waals surface area contributed by atoms with E-state index in [0.717, 1.165) is 29.5 Å². The first-order chi connectivity index (χ1) is 13.0. The second-order valence-corrected chi connectivity index (χ2v) is 8.53. The molecule has 2 aromatic rings. The molecule has 0 spiro atoms. The second-order valence-electron chi connectivity index (χ2n) is 7.39. The Kier molecular flexibility index (Phi) is 5.21. The molecule has 1 heterocycles. The summed E-state index contributed by atoms with van der Waals surface area (Å²) in [4.78, 5) is 14.7. The maximum absolute atomic E-state index is 13.9. The number of nitrogens with zero attached hydrogens (tertiary/aromatic N) is 1. The molecule has 1 amide bonds. The molecule has 1 saturated carbocycles. The number of rotatable bonds is 5. The largest absolute Gasteiger partial charge is 0.598 e. The van der Waals surface area contributed by atoms with Crippen LogP contribution in [-0.4, -0.2) is 40.7 Å². The molecule has 4 nitrogen and oxygen atoms in total. The van der Waals surface area contributed by atoms with Gasteiger partial charge in [-0.25, -0.2) is 4.39 Å². The highest BCUT2D eigenvalue weighted by Gasteiger charge is 2.48. The third-order valence-electron chi connectivity index (χ3n) is 5.44. The number of halogens is 1. The topological polar surface area (TPSA) is 55.4 Å². The van der Waals surface area contributed by atoms with Gasteiger partial charge in [0.15, 0.2) is 0 Å². The third-order valence-corrected chi connectivity index (χ3v) is 6.10. The van der Waals surface area contributed by atoms with E-state index in [2.05, 4.69) is 4.72 Å². The highest BCUT2D eigenvalue weighted by atomic mass is 32.2. The molecule has 1 aliphatic carbocycles. The van der Waals surface area contributed by atoms with Gasteiger partial charge in [0.05, 0.1) is 6.04 Å². The summed E-state index contributed by atoms with van der Waals surface area (Å²) >= 11 is -1.07. The predicted octanol–water partition coefficient (Wildman–Crippen LogP) is 3.08. The normalized spacial score (nSPS) is 25.4. The van der Waals surface area contributed by atoms with Crippen molar-refractivity contribution in [2.24, 2.45) is 5.92 Å². The summed E-state index contributed by atoms with van der Waals surface area (Å²) < 4.78 is 28.2. The zero-order valence-electron chi connectivity index (χ0n) is 15.2. The lowest BCUT2D eigenvalue weighted by Crippen LogP contribution is -2.38. The average Bonchev–Trinajstić information content (AvgIpc) is 3.33. The van der Waals surface area contributed by atoms with Gasteiger partial charge in [-0.15, -0.1) is 4.72 Å². The molecule has 4 atom stereocenters. The standard InChI is InChI=1S/C21H23FN2O2S/c1-27(26)23-16-9-10-24(13-16)21(25)20-12-19(20)18-11-15(22)7-8-17(18)14-5-3-2-4-6-14/h2-8,11,16,19-20,23H,9-10,12-13H2,1H3. The van der Waals surface area contributed by atoms with E-state index in [0.29, 0.717) is 13.1 Å². The Balaban J connectivity index is 1.49. The minimum Gasteiger partial charge on any atom is -0.598 e. The lowest BCUT2D eigenvalue weighted by molar-refractivity contribution is -0.131. The van der Waals surface area contributed by atoms with E-state index in [1.54, 1.807) is 12.3 Å². The van der Waals surface area contributed by atoms with Gasteiger partial charge in [0.2, 0.25) is 5.91 Å². The van der Waals surface area contributed by atoms with Crippen LogP contribution in [-0.2, 0) is 16.2 Å². The molecule has 0 aromatic heterocycles. The van der Waals surface area contributed by atoms with Crippen LogP contribution in [0.3, 0.4) is 0 Å². The first kappa shape index (κ1) is 18.5. The minimum atomic E-state index is -1.07. The average molecular weight is 386 g/mol. The number of nitrogens with one attached hydrogen (secondary N) is 1. The van der Waals surface area contributed by atoms with E-state index in [4.69, 9.17) is 0 Å². The molecule has 6 heteroatoms. The summed E-state index contributed by atoms with van der Waals surface area (Å²) in [6, 6.07) is 14.9. The maximum atomic E-state index is 13.9. The molecule has 2 aliphatic rings. The summed E-state index contributed by atoms with van der Waals surface area (Å²) in [5.74, 6) is -0.149. The van der Waals surface area contributed by atoms with Crippen LogP contribution >= 0.6 is 0 Å². The second kappa shape index (κ2) is 7.62. The number of likely N-dealkylation sites (tertiary alicyclic amines) is 1. The van der Waals surface area contributed by atoms with Crippen molar-refractivity contribution in [3.8, 4) is 11.1 Å². The number of carbonyl (C=O) groups excluding carboxylic acids is 1.